The third-order valence-electron chi connectivity index (χ3n) is 14.9. The Labute approximate surface area is 378 Å². The van der Waals surface area contributed by atoms with Gasteiger partial charge in [-0.25, -0.2) is 0 Å². The molecule has 6 aliphatic rings. The van der Waals surface area contributed by atoms with Gasteiger partial charge in [0.15, 0.2) is 5.75 Å². The molecule has 3 unspecified atom stereocenters. The number of nitrogens with zero attached hydrogens (tertiary/aromatic N) is 2. The summed E-state index contributed by atoms with van der Waals surface area (Å²) in [5.74, 6) is 1.25. The largest absolute Gasteiger partial charge is 0.483 e. The lowest BCUT2D eigenvalue weighted by Crippen LogP contribution is -2.35. The molecule has 0 saturated heterocycles. The van der Waals surface area contributed by atoms with Crippen molar-refractivity contribution >= 4 is 50.2 Å². The van der Waals surface area contributed by atoms with Crippen molar-refractivity contribution in [2.75, 3.05) is 9.80 Å². The first kappa shape index (κ1) is 38.8. The molecule has 0 saturated carbocycles. The number of ether oxygens (including phenoxy) is 1. The molecule has 1 aliphatic heterocycles. The number of hydrogen-bond donors (Lipinski definition) is 0. The highest BCUT2D eigenvalue weighted by atomic mass is 16.5. The number of allylic oxidation sites excluding steroid dienone is 11. The summed E-state index contributed by atoms with van der Waals surface area (Å²) in [6.07, 6.45) is 28.4. The molecule has 3 nitrogen and oxygen atoms in total. The SMILES string of the molecule is CC1(C)C2=C(C=CCC2)c2c(N(c3ccc4cccc5c4c3OC3C=C(N(c4ccccc4)c4ccccc4)CCC53)C3C=CC(c4ccc(C5=CC=CCC5)cc4)=CC3)cccc21. The summed E-state index contributed by atoms with van der Waals surface area (Å²) in [5.41, 5.74) is 18.4. The number of anilines is 4. The Morgan fingerprint density at radius 1 is 0.672 bits per heavy atom. The maximum atomic E-state index is 7.58. The highest BCUT2D eigenvalue weighted by Crippen LogP contribution is 2.57. The van der Waals surface area contributed by atoms with Crippen LogP contribution in [-0.4, -0.2) is 12.1 Å². The maximum absolute atomic E-state index is 7.58. The second-order valence-electron chi connectivity index (χ2n) is 18.8. The van der Waals surface area contributed by atoms with Crippen LogP contribution in [0.5, 0.6) is 5.75 Å². The smallest absolute Gasteiger partial charge is 0.152 e. The van der Waals surface area contributed by atoms with E-state index in [-0.39, 0.29) is 23.5 Å². The van der Waals surface area contributed by atoms with Crippen molar-refractivity contribution < 1.29 is 4.74 Å². The lowest BCUT2D eigenvalue weighted by molar-refractivity contribution is 0.196. The average Bonchev–Trinajstić information content (AvgIpc) is 3.59. The standard InChI is InChI=1S/C61H54N2O/c1-61(2)53-25-13-12-23-52(53)59-54(61)26-15-27-55(59)63(48-35-32-44(33-36-48)43-30-28-42(29-31-43)41-16-6-3-7-17-41)56-39-34-45-18-14-24-51-50-38-37-49(40-57(50)64-60(56)58(45)51)62(46-19-8-4-9-20-46)47-21-10-5-11-22-47/h3-6,8-12,14-16,18-24,26-35,39-40,48,50,57H,7,13,17,25,36-38H2,1-2H3. The van der Waals surface area contributed by atoms with E-state index in [2.05, 4.69) is 212 Å². The molecule has 0 spiro atoms. The van der Waals surface area contributed by atoms with Crippen LogP contribution in [0.25, 0.3) is 27.5 Å². The van der Waals surface area contributed by atoms with E-state index >= 15 is 0 Å². The monoisotopic (exact) mass is 830 g/mol. The molecule has 0 amide bonds. The molecule has 0 N–H and O–H groups in total. The average molecular weight is 831 g/mol. The number of rotatable bonds is 8. The van der Waals surface area contributed by atoms with Crippen molar-refractivity contribution in [3.05, 3.63) is 227 Å². The van der Waals surface area contributed by atoms with E-state index in [0.29, 0.717) is 0 Å². The van der Waals surface area contributed by atoms with E-state index in [1.54, 1.807) is 5.57 Å². The minimum atomic E-state index is -0.118. The zero-order chi connectivity index (χ0) is 42.8. The van der Waals surface area contributed by atoms with Crippen LogP contribution in [0.3, 0.4) is 0 Å². The molecule has 3 heteroatoms. The fourth-order valence-corrected chi connectivity index (χ4v) is 11.7. The summed E-state index contributed by atoms with van der Waals surface area (Å²) in [6, 6.07) is 49.5. The van der Waals surface area contributed by atoms with Crippen molar-refractivity contribution in [2.24, 2.45) is 0 Å². The third-order valence-corrected chi connectivity index (χ3v) is 14.9. The zero-order valence-corrected chi connectivity index (χ0v) is 36.9. The first-order valence-electron chi connectivity index (χ1n) is 23.5. The molecular weight excluding hydrogens is 777 g/mol. The van der Waals surface area contributed by atoms with E-state index in [4.69, 9.17) is 4.74 Å². The minimum Gasteiger partial charge on any atom is -0.483 e. The quantitative estimate of drug-likeness (QED) is 0.152. The summed E-state index contributed by atoms with van der Waals surface area (Å²) in [4.78, 5) is 5.07. The van der Waals surface area contributed by atoms with Crippen LogP contribution in [0, 0.1) is 0 Å². The van der Waals surface area contributed by atoms with Gasteiger partial charge in [0.25, 0.3) is 0 Å². The molecule has 3 atom stereocenters. The van der Waals surface area contributed by atoms with Crippen molar-refractivity contribution in [2.45, 2.75) is 82.3 Å². The molecule has 314 valence electrons. The maximum Gasteiger partial charge on any atom is 0.152 e. The van der Waals surface area contributed by atoms with Gasteiger partial charge in [-0.2, -0.15) is 0 Å². The van der Waals surface area contributed by atoms with Crippen LogP contribution in [0.2, 0.25) is 0 Å². The molecule has 1 heterocycles. The lowest BCUT2D eigenvalue weighted by atomic mass is 9.78. The first-order valence-corrected chi connectivity index (χ1v) is 23.5. The molecule has 0 aromatic heterocycles. The van der Waals surface area contributed by atoms with Crippen molar-refractivity contribution in [1.82, 2.24) is 0 Å². The van der Waals surface area contributed by atoms with Crippen LogP contribution < -0.4 is 14.5 Å². The minimum absolute atomic E-state index is 0.0378. The fraction of sp³-hybridized carbons (Fsp3) is 0.213. The predicted octanol–water partition coefficient (Wildman–Crippen LogP) is 15.9. The van der Waals surface area contributed by atoms with Gasteiger partial charge in [0.2, 0.25) is 0 Å². The van der Waals surface area contributed by atoms with Crippen LogP contribution in [0.1, 0.15) is 92.5 Å². The van der Waals surface area contributed by atoms with E-state index in [9.17, 15) is 0 Å². The number of benzene rings is 6. The van der Waals surface area contributed by atoms with Crippen molar-refractivity contribution in [1.29, 1.82) is 0 Å². The van der Waals surface area contributed by atoms with Crippen molar-refractivity contribution in [3.63, 3.8) is 0 Å². The van der Waals surface area contributed by atoms with Crippen LogP contribution in [-0.2, 0) is 5.41 Å². The molecule has 6 aromatic rings. The van der Waals surface area contributed by atoms with Gasteiger partial charge in [-0.1, -0.05) is 165 Å². The van der Waals surface area contributed by atoms with Gasteiger partial charge < -0.3 is 14.5 Å². The highest BCUT2D eigenvalue weighted by molar-refractivity contribution is 6.01. The summed E-state index contributed by atoms with van der Waals surface area (Å²) in [6.45, 7) is 4.86. The van der Waals surface area contributed by atoms with E-state index < -0.39 is 0 Å². The van der Waals surface area contributed by atoms with Gasteiger partial charge in [-0.3, -0.25) is 0 Å². The van der Waals surface area contributed by atoms with E-state index in [1.807, 2.05) is 0 Å². The van der Waals surface area contributed by atoms with Gasteiger partial charge in [0.05, 0.1) is 11.7 Å². The van der Waals surface area contributed by atoms with Gasteiger partial charge in [-0.05, 0) is 132 Å². The molecule has 0 fully saturated rings. The summed E-state index contributed by atoms with van der Waals surface area (Å²) < 4.78 is 7.58. The Kier molecular flexibility index (Phi) is 9.55. The number of hydrogen-bond acceptors (Lipinski definition) is 3. The molecule has 64 heavy (non-hydrogen) atoms. The summed E-state index contributed by atoms with van der Waals surface area (Å²) >= 11 is 0. The summed E-state index contributed by atoms with van der Waals surface area (Å²) in [5, 5.41) is 2.50. The molecule has 12 rings (SSSR count). The number of para-hydroxylation sites is 2. The van der Waals surface area contributed by atoms with Crippen molar-refractivity contribution in [3.8, 4) is 5.75 Å². The van der Waals surface area contributed by atoms with Gasteiger partial charge in [-0.15, -0.1) is 0 Å². The molecule has 0 bridgehead atoms. The zero-order valence-electron chi connectivity index (χ0n) is 36.9. The van der Waals surface area contributed by atoms with Crippen LogP contribution in [0.4, 0.5) is 22.7 Å². The van der Waals surface area contributed by atoms with Gasteiger partial charge in [0, 0.05) is 45.0 Å². The van der Waals surface area contributed by atoms with Crippen LogP contribution in [0.15, 0.2) is 199 Å². The van der Waals surface area contributed by atoms with Crippen LogP contribution >= 0.6 is 0 Å². The van der Waals surface area contributed by atoms with E-state index in [0.717, 1.165) is 56.4 Å². The normalized spacial score (nSPS) is 21.3. The second kappa shape index (κ2) is 15.7. The Hall–Kier alpha value is -6.84. The lowest BCUT2D eigenvalue weighted by Gasteiger charge is -2.42. The third kappa shape index (κ3) is 6.47. The Bertz CT molecular complexity index is 2990. The van der Waals surface area contributed by atoms with Gasteiger partial charge in [0.1, 0.15) is 6.10 Å². The predicted molar refractivity (Wildman–Crippen MR) is 269 cm³/mol. The Balaban J connectivity index is 0.984. The molecular formula is C61H54N2O. The molecule has 6 aromatic carbocycles. The molecule has 5 aliphatic carbocycles. The van der Waals surface area contributed by atoms with E-state index in [1.165, 1.54) is 78.1 Å². The Morgan fingerprint density at radius 2 is 1.44 bits per heavy atom. The molecule has 0 radical (unpaired) electrons. The number of fused-ring (bicyclic) bond motifs is 4. The fourth-order valence-electron chi connectivity index (χ4n) is 11.7. The summed E-state index contributed by atoms with van der Waals surface area (Å²) in [7, 11) is 0. The van der Waals surface area contributed by atoms with Gasteiger partial charge >= 0.3 is 0 Å². The topological polar surface area (TPSA) is 15.7 Å². The second-order valence-corrected chi connectivity index (χ2v) is 18.8. The first-order chi connectivity index (χ1) is 31.5. The highest BCUT2D eigenvalue weighted by Gasteiger charge is 2.42. The Morgan fingerprint density at radius 3 is 2.19 bits per heavy atom.